The standard InChI is InChI=1S/C28H24N8O/c1-16(20-7-3-5-17-10-13-31-23(17)20)32-28(37)26-27(29)34-25(22-11-14-36(2)35-22)24(33-26)19-8-9-21-18(15-19)6-4-12-30-21/h3-16,31H,1-2H3,(H2,29,34)(H,32,37). The summed E-state index contributed by atoms with van der Waals surface area (Å²) in [5.74, 6) is -0.369. The van der Waals surface area contributed by atoms with Crippen molar-refractivity contribution in [1.29, 1.82) is 0 Å². The smallest absolute Gasteiger partial charge is 0.274 e. The van der Waals surface area contributed by atoms with E-state index in [4.69, 9.17) is 10.7 Å². The fourth-order valence-electron chi connectivity index (χ4n) is 4.57. The molecular weight excluding hydrogens is 464 g/mol. The number of amides is 1. The number of pyridine rings is 1. The molecule has 4 N–H and O–H groups in total. The molecule has 0 saturated carbocycles. The van der Waals surface area contributed by atoms with Crippen LogP contribution in [-0.2, 0) is 7.05 Å². The van der Waals surface area contributed by atoms with Crippen LogP contribution in [0.25, 0.3) is 44.5 Å². The predicted octanol–water partition coefficient (Wildman–Crippen LogP) is 4.65. The minimum atomic E-state index is -0.405. The molecule has 0 spiro atoms. The molecule has 37 heavy (non-hydrogen) atoms. The Kier molecular flexibility index (Phi) is 5.37. The Morgan fingerprint density at radius 3 is 2.73 bits per heavy atom. The SMILES string of the molecule is CC(NC(=O)c1nc(-c2ccc3ncccc3c2)c(-c2ccn(C)n2)nc1N)c1cccc2cc[nH]c12. The number of aromatic amines is 1. The van der Waals surface area contributed by atoms with Crippen LogP contribution in [0.15, 0.2) is 79.3 Å². The molecule has 9 heteroatoms. The number of nitrogens with one attached hydrogen (secondary N) is 2. The van der Waals surface area contributed by atoms with Gasteiger partial charge in [0.15, 0.2) is 11.5 Å². The molecule has 0 aliphatic carbocycles. The van der Waals surface area contributed by atoms with Crippen molar-refractivity contribution in [1.82, 2.24) is 35.0 Å². The number of nitrogens with two attached hydrogens (primary N) is 1. The molecule has 1 atom stereocenters. The second kappa shape index (κ2) is 8.87. The fraction of sp³-hybridized carbons (Fsp3) is 0.107. The van der Waals surface area contributed by atoms with E-state index in [1.807, 2.05) is 87.0 Å². The third-order valence-electron chi connectivity index (χ3n) is 6.40. The van der Waals surface area contributed by atoms with Gasteiger partial charge in [0.1, 0.15) is 11.4 Å². The summed E-state index contributed by atoms with van der Waals surface area (Å²) in [7, 11) is 1.83. The van der Waals surface area contributed by atoms with Gasteiger partial charge in [0.2, 0.25) is 0 Å². The van der Waals surface area contributed by atoms with Gasteiger partial charge in [-0.1, -0.05) is 30.3 Å². The number of aromatic nitrogens is 6. The van der Waals surface area contributed by atoms with Gasteiger partial charge < -0.3 is 16.0 Å². The number of nitrogens with zero attached hydrogens (tertiary/aromatic N) is 5. The van der Waals surface area contributed by atoms with Crippen molar-refractivity contribution in [3.63, 3.8) is 0 Å². The molecule has 0 aliphatic heterocycles. The zero-order valence-electron chi connectivity index (χ0n) is 20.3. The number of hydrogen-bond donors (Lipinski definition) is 3. The van der Waals surface area contributed by atoms with Crippen molar-refractivity contribution in [2.75, 3.05) is 5.73 Å². The molecule has 0 aliphatic rings. The van der Waals surface area contributed by atoms with E-state index in [2.05, 4.69) is 25.4 Å². The highest BCUT2D eigenvalue weighted by atomic mass is 16.2. The van der Waals surface area contributed by atoms with Crippen LogP contribution in [0.2, 0.25) is 0 Å². The number of aryl methyl sites for hydroxylation is 1. The highest BCUT2D eigenvalue weighted by Gasteiger charge is 2.23. The van der Waals surface area contributed by atoms with Crippen molar-refractivity contribution >= 4 is 33.5 Å². The average molecular weight is 489 g/mol. The first kappa shape index (κ1) is 22.4. The molecule has 6 aromatic rings. The van der Waals surface area contributed by atoms with Crippen molar-refractivity contribution < 1.29 is 4.79 Å². The molecular formula is C28H24N8O. The molecule has 1 amide bonds. The highest BCUT2D eigenvalue weighted by Crippen LogP contribution is 2.32. The van der Waals surface area contributed by atoms with E-state index < -0.39 is 5.91 Å². The van der Waals surface area contributed by atoms with E-state index in [1.54, 1.807) is 10.9 Å². The molecule has 0 fully saturated rings. The summed E-state index contributed by atoms with van der Waals surface area (Å²) in [6.45, 7) is 1.93. The zero-order valence-corrected chi connectivity index (χ0v) is 20.3. The fourth-order valence-corrected chi connectivity index (χ4v) is 4.57. The summed E-state index contributed by atoms with van der Waals surface area (Å²) in [6, 6.07) is 19.2. The number of fused-ring (bicyclic) bond motifs is 2. The van der Waals surface area contributed by atoms with Gasteiger partial charge in [-0.25, -0.2) is 9.97 Å². The maximum Gasteiger partial charge on any atom is 0.274 e. The van der Waals surface area contributed by atoms with E-state index >= 15 is 0 Å². The van der Waals surface area contributed by atoms with Gasteiger partial charge in [-0.3, -0.25) is 14.5 Å². The molecule has 9 nitrogen and oxygen atoms in total. The third kappa shape index (κ3) is 4.06. The lowest BCUT2D eigenvalue weighted by Crippen LogP contribution is -2.29. The van der Waals surface area contributed by atoms with Crippen LogP contribution in [0, 0.1) is 0 Å². The largest absolute Gasteiger partial charge is 0.382 e. The van der Waals surface area contributed by atoms with E-state index in [-0.39, 0.29) is 17.6 Å². The van der Waals surface area contributed by atoms with Gasteiger partial charge in [0.25, 0.3) is 5.91 Å². The van der Waals surface area contributed by atoms with E-state index in [0.29, 0.717) is 17.1 Å². The molecule has 0 radical (unpaired) electrons. The predicted molar refractivity (Wildman–Crippen MR) is 144 cm³/mol. The summed E-state index contributed by atoms with van der Waals surface area (Å²) in [4.78, 5) is 30.5. The number of H-pyrrole nitrogens is 1. The van der Waals surface area contributed by atoms with Gasteiger partial charge >= 0.3 is 0 Å². The van der Waals surface area contributed by atoms with Crippen LogP contribution in [0.5, 0.6) is 0 Å². The summed E-state index contributed by atoms with van der Waals surface area (Å²) < 4.78 is 1.69. The van der Waals surface area contributed by atoms with E-state index in [0.717, 1.165) is 32.9 Å². The Labute approximate surface area is 212 Å². The lowest BCUT2D eigenvalue weighted by atomic mass is 10.0. The lowest BCUT2D eigenvalue weighted by molar-refractivity contribution is 0.0936. The maximum absolute atomic E-state index is 13.4. The number of carbonyl (C=O) groups excluding carboxylic acids is 1. The lowest BCUT2D eigenvalue weighted by Gasteiger charge is -2.17. The van der Waals surface area contributed by atoms with E-state index in [9.17, 15) is 4.79 Å². The first-order valence-corrected chi connectivity index (χ1v) is 11.9. The number of para-hydroxylation sites is 1. The summed E-state index contributed by atoms with van der Waals surface area (Å²) >= 11 is 0. The topological polar surface area (TPSA) is 127 Å². The van der Waals surface area contributed by atoms with Crippen LogP contribution in [0.3, 0.4) is 0 Å². The number of carbonyl (C=O) groups is 1. The molecule has 1 unspecified atom stereocenters. The normalized spacial score (nSPS) is 12.2. The number of nitrogen functional groups attached to an aromatic ring is 1. The van der Waals surface area contributed by atoms with Gasteiger partial charge in [0, 0.05) is 36.6 Å². The molecule has 6 rings (SSSR count). The Bertz CT molecular complexity index is 1780. The highest BCUT2D eigenvalue weighted by molar-refractivity contribution is 5.99. The van der Waals surface area contributed by atoms with Gasteiger partial charge in [-0.05, 0) is 48.2 Å². The molecule has 0 bridgehead atoms. The molecule has 0 saturated heterocycles. The van der Waals surface area contributed by atoms with Crippen molar-refractivity contribution in [2.24, 2.45) is 7.05 Å². The number of benzene rings is 2. The summed E-state index contributed by atoms with van der Waals surface area (Å²) in [5, 5.41) is 9.56. The Hall–Kier alpha value is -5.05. The average Bonchev–Trinajstić information content (AvgIpc) is 3.57. The minimum absolute atomic E-state index is 0.0367. The van der Waals surface area contributed by atoms with Crippen LogP contribution in [-0.4, -0.2) is 35.6 Å². The zero-order chi connectivity index (χ0) is 25.5. The minimum Gasteiger partial charge on any atom is -0.382 e. The Morgan fingerprint density at radius 1 is 1.03 bits per heavy atom. The number of rotatable bonds is 5. The van der Waals surface area contributed by atoms with Crippen LogP contribution < -0.4 is 11.1 Å². The second-order valence-electron chi connectivity index (χ2n) is 8.92. The van der Waals surface area contributed by atoms with Gasteiger partial charge in [-0.2, -0.15) is 5.10 Å². The number of anilines is 1. The maximum atomic E-state index is 13.4. The summed E-state index contributed by atoms with van der Waals surface area (Å²) in [5.41, 5.74) is 11.6. The monoisotopic (exact) mass is 488 g/mol. The quantitative estimate of drug-likeness (QED) is 0.324. The van der Waals surface area contributed by atoms with Crippen molar-refractivity contribution in [3.8, 4) is 22.6 Å². The number of hydrogen-bond acceptors (Lipinski definition) is 6. The first-order chi connectivity index (χ1) is 18.0. The van der Waals surface area contributed by atoms with Crippen molar-refractivity contribution in [2.45, 2.75) is 13.0 Å². The third-order valence-corrected chi connectivity index (χ3v) is 6.40. The summed E-state index contributed by atoms with van der Waals surface area (Å²) in [6.07, 6.45) is 5.46. The van der Waals surface area contributed by atoms with Gasteiger partial charge in [-0.15, -0.1) is 0 Å². The van der Waals surface area contributed by atoms with Crippen LogP contribution in [0.4, 0.5) is 5.82 Å². The second-order valence-corrected chi connectivity index (χ2v) is 8.92. The molecule has 2 aromatic carbocycles. The van der Waals surface area contributed by atoms with Gasteiger partial charge in [0.05, 0.1) is 22.8 Å². The van der Waals surface area contributed by atoms with Crippen LogP contribution in [0.1, 0.15) is 29.0 Å². The van der Waals surface area contributed by atoms with Crippen molar-refractivity contribution in [3.05, 3.63) is 90.5 Å². The Balaban J connectivity index is 1.43. The molecule has 4 aromatic heterocycles. The van der Waals surface area contributed by atoms with Crippen LogP contribution >= 0.6 is 0 Å². The molecule has 182 valence electrons. The Morgan fingerprint density at radius 2 is 1.89 bits per heavy atom. The molecule has 4 heterocycles. The van der Waals surface area contributed by atoms with E-state index in [1.165, 1.54) is 0 Å². The first-order valence-electron chi connectivity index (χ1n) is 11.9.